The second kappa shape index (κ2) is 5.99. The lowest BCUT2D eigenvalue weighted by Gasteiger charge is -2.30. The Morgan fingerprint density at radius 3 is 2.94 bits per heavy atom. The monoisotopic (exact) mass is 226 g/mol. The number of nitrogens with zero attached hydrogens (tertiary/aromatic N) is 1. The molecule has 3 unspecified atom stereocenters. The summed E-state index contributed by atoms with van der Waals surface area (Å²) >= 11 is 0. The van der Waals surface area contributed by atoms with Crippen LogP contribution in [-0.2, 0) is 4.74 Å². The topological polar surface area (TPSA) is 24.5 Å². The highest BCUT2D eigenvalue weighted by atomic mass is 16.5. The highest BCUT2D eigenvalue weighted by Crippen LogP contribution is 2.18. The van der Waals surface area contributed by atoms with Gasteiger partial charge in [0.25, 0.3) is 0 Å². The third-order valence-electron chi connectivity index (χ3n) is 4.01. The Morgan fingerprint density at radius 2 is 2.25 bits per heavy atom. The Labute approximate surface area is 99.5 Å². The maximum absolute atomic E-state index is 5.70. The Hall–Kier alpha value is -0.120. The van der Waals surface area contributed by atoms with Gasteiger partial charge in [0.1, 0.15) is 0 Å². The lowest BCUT2D eigenvalue weighted by atomic mass is 10.0. The van der Waals surface area contributed by atoms with E-state index in [1.807, 2.05) is 0 Å². The van der Waals surface area contributed by atoms with Gasteiger partial charge in [0.15, 0.2) is 0 Å². The highest BCUT2D eigenvalue weighted by molar-refractivity contribution is 4.80. The minimum Gasteiger partial charge on any atom is -0.378 e. The van der Waals surface area contributed by atoms with E-state index in [-0.39, 0.29) is 0 Å². The minimum atomic E-state index is 0.498. The average Bonchev–Trinajstić information content (AvgIpc) is 2.73. The van der Waals surface area contributed by atoms with Crippen LogP contribution in [0.1, 0.15) is 32.6 Å². The standard InChI is InChI=1S/C13H26N2O/c1-3-13-8-12(5-7-16-13)14-9-11-4-6-15(2)10-11/h11-14H,3-10H2,1-2H3. The van der Waals surface area contributed by atoms with Crippen molar-refractivity contribution in [3.63, 3.8) is 0 Å². The molecule has 3 nitrogen and oxygen atoms in total. The molecule has 0 aliphatic carbocycles. The van der Waals surface area contributed by atoms with Crippen LogP contribution in [0.15, 0.2) is 0 Å². The summed E-state index contributed by atoms with van der Waals surface area (Å²) in [6, 6.07) is 0.699. The second-order valence-corrected chi connectivity index (χ2v) is 5.45. The molecule has 2 fully saturated rings. The summed E-state index contributed by atoms with van der Waals surface area (Å²) in [6.07, 6.45) is 5.42. The molecule has 94 valence electrons. The van der Waals surface area contributed by atoms with Crippen molar-refractivity contribution in [1.29, 1.82) is 0 Å². The molecule has 0 spiro atoms. The van der Waals surface area contributed by atoms with E-state index in [1.54, 1.807) is 0 Å². The summed E-state index contributed by atoms with van der Waals surface area (Å²) in [5.41, 5.74) is 0. The summed E-state index contributed by atoms with van der Waals surface area (Å²) < 4.78 is 5.70. The molecule has 2 aliphatic rings. The molecule has 0 saturated carbocycles. The second-order valence-electron chi connectivity index (χ2n) is 5.45. The van der Waals surface area contributed by atoms with E-state index in [2.05, 4.69) is 24.2 Å². The van der Waals surface area contributed by atoms with E-state index in [1.165, 1.54) is 38.9 Å². The van der Waals surface area contributed by atoms with Crippen LogP contribution < -0.4 is 5.32 Å². The number of rotatable bonds is 4. The molecule has 1 N–H and O–H groups in total. The molecule has 2 saturated heterocycles. The third-order valence-corrected chi connectivity index (χ3v) is 4.01. The molecule has 0 aromatic heterocycles. The van der Waals surface area contributed by atoms with Crippen LogP contribution in [0.4, 0.5) is 0 Å². The van der Waals surface area contributed by atoms with Crippen LogP contribution in [0.2, 0.25) is 0 Å². The van der Waals surface area contributed by atoms with Crippen molar-refractivity contribution in [2.75, 3.05) is 33.3 Å². The zero-order valence-electron chi connectivity index (χ0n) is 10.7. The molecule has 0 bridgehead atoms. The van der Waals surface area contributed by atoms with Crippen LogP contribution >= 0.6 is 0 Å². The van der Waals surface area contributed by atoms with Gasteiger partial charge in [-0.05, 0) is 51.7 Å². The molecule has 0 radical (unpaired) electrons. The fourth-order valence-corrected chi connectivity index (χ4v) is 2.88. The maximum Gasteiger partial charge on any atom is 0.0587 e. The molecular formula is C13H26N2O. The van der Waals surface area contributed by atoms with E-state index < -0.39 is 0 Å². The number of likely N-dealkylation sites (tertiary alicyclic amines) is 1. The fraction of sp³-hybridized carbons (Fsp3) is 1.00. The van der Waals surface area contributed by atoms with Crippen molar-refractivity contribution < 1.29 is 4.74 Å². The predicted molar refractivity (Wildman–Crippen MR) is 66.7 cm³/mol. The van der Waals surface area contributed by atoms with Crippen LogP contribution in [0.25, 0.3) is 0 Å². The quantitative estimate of drug-likeness (QED) is 0.786. The Balaban J connectivity index is 1.65. The number of nitrogens with one attached hydrogen (secondary N) is 1. The van der Waals surface area contributed by atoms with E-state index in [9.17, 15) is 0 Å². The van der Waals surface area contributed by atoms with Crippen molar-refractivity contribution in [1.82, 2.24) is 10.2 Å². The number of ether oxygens (including phenoxy) is 1. The van der Waals surface area contributed by atoms with Gasteiger partial charge in [-0.3, -0.25) is 0 Å². The van der Waals surface area contributed by atoms with E-state index in [0.29, 0.717) is 12.1 Å². The van der Waals surface area contributed by atoms with Crippen molar-refractivity contribution in [3.8, 4) is 0 Å². The number of hydrogen-bond donors (Lipinski definition) is 1. The van der Waals surface area contributed by atoms with E-state index in [0.717, 1.165) is 18.9 Å². The third kappa shape index (κ3) is 3.44. The molecule has 0 aromatic carbocycles. The van der Waals surface area contributed by atoms with Gasteiger partial charge in [-0.2, -0.15) is 0 Å². The molecule has 3 atom stereocenters. The lowest BCUT2D eigenvalue weighted by Crippen LogP contribution is -2.41. The van der Waals surface area contributed by atoms with Crippen molar-refractivity contribution in [2.45, 2.75) is 44.8 Å². The Kier molecular flexibility index (Phi) is 4.62. The van der Waals surface area contributed by atoms with Crippen LogP contribution in [0, 0.1) is 5.92 Å². The van der Waals surface area contributed by atoms with Crippen LogP contribution in [0.3, 0.4) is 0 Å². The molecule has 2 rings (SSSR count). The molecule has 2 heterocycles. The first kappa shape index (κ1) is 12.3. The average molecular weight is 226 g/mol. The van der Waals surface area contributed by atoms with E-state index in [4.69, 9.17) is 4.74 Å². The highest BCUT2D eigenvalue weighted by Gasteiger charge is 2.23. The van der Waals surface area contributed by atoms with Crippen molar-refractivity contribution in [2.24, 2.45) is 5.92 Å². The summed E-state index contributed by atoms with van der Waals surface area (Å²) in [7, 11) is 2.22. The molecule has 0 amide bonds. The maximum atomic E-state index is 5.70. The minimum absolute atomic E-state index is 0.498. The van der Waals surface area contributed by atoms with Gasteiger partial charge in [-0.1, -0.05) is 6.92 Å². The largest absolute Gasteiger partial charge is 0.378 e. The normalized spacial score (nSPS) is 36.8. The lowest BCUT2D eigenvalue weighted by molar-refractivity contribution is -0.000523. The number of hydrogen-bond acceptors (Lipinski definition) is 3. The van der Waals surface area contributed by atoms with Gasteiger partial charge in [0.2, 0.25) is 0 Å². The summed E-state index contributed by atoms with van der Waals surface area (Å²) in [5.74, 6) is 0.868. The van der Waals surface area contributed by atoms with Gasteiger partial charge in [0.05, 0.1) is 6.10 Å². The van der Waals surface area contributed by atoms with Gasteiger partial charge in [0, 0.05) is 19.2 Å². The fourth-order valence-electron chi connectivity index (χ4n) is 2.88. The van der Waals surface area contributed by atoms with Crippen molar-refractivity contribution in [3.05, 3.63) is 0 Å². The SMILES string of the molecule is CCC1CC(NCC2CCN(C)C2)CCO1. The molecule has 2 aliphatic heterocycles. The molecule has 3 heteroatoms. The zero-order chi connectivity index (χ0) is 11.4. The first-order valence-electron chi connectivity index (χ1n) is 6.81. The zero-order valence-corrected chi connectivity index (χ0v) is 10.7. The molecule has 0 aromatic rings. The summed E-state index contributed by atoms with van der Waals surface area (Å²) in [4.78, 5) is 2.44. The first-order valence-corrected chi connectivity index (χ1v) is 6.81. The van der Waals surface area contributed by atoms with Crippen LogP contribution in [0.5, 0.6) is 0 Å². The Morgan fingerprint density at radius 1 is 1.38 bits per heavy atom. The van der Waals surface area contributed by atoms with Crippen LogP contribution in [-0.4, -0.2) is 50.3 Å². The summed E-state index contributed by atoms with van der Waals surface area (Å²) in [6.45, 7) is 6.91. The molecular weight excluding hydrogens is 200 g/mol. The molecule has 16 heavy (non-hydrogen) atoms. The van der Waals surface area contributed by atoms with Gasteiger partial charge in [-0.25, -0.2) is 0 Å². The first-order chi connectivity index (χ1) is 7.78. The smallest absolute Gasteiger partial charge is 0.0587 e. The predicted octanol–water partition coefficient (Wildman–Crippen LogP) is 1.49. The van der Waals surface area contributed by atoms with E-state index >= 15 is 0 Å². The summed E-state index contributed by atoms with van der Waals surface area (Å²) in [5, 5.41) is 3.74. The van der Waals surface area contributed by atoms with Crippen molar-refractivity contribution >= 4 is 0 Å². The Bertz CT molecular complexity index is 210. The van der Waals surface area contributed by atoms with Gasteiger partial charge >= 0.3 is 0 Å². The van der Waals surface area contributed by atoms with Gasteiger partial charge < -0.3 is 15.0 Å². The van der Waals surface area contributed by atoms with Gasteiger partial charge in [-0.15, -0.1) is 0 Å².